The van der Waals surface area contributed by atoms with E-state index in [0.717, 1.165) is 23.0 Å². The molecule has 1 N–H and O–H groups in total. The summed E-state index contributed by atoms with van der Waals surface area (Å²) in [6, 6.07) is 0. The Morgan fingerprint density at radius 1 is 1.00 bits per heavy atom. The molecule has 0 aromatic carbocycles. The van der Waals surface area contributed by atoms with E-state index in [0.29, 0.717) is 5.41 Å². The molecule has 2 aromatic heterocycles. The molecular formula is C21H31N3. The Balaban J connectivity index is 1.53. The van der Waals surface area contributed by atoms with Crippen molar-refractivity contribution in [1.29, 1.82) is 0 Å². The SMILES string of the molecule is CC(C)(C)CCCCCCCCCC#Cc1c[nH]c2ncncc12. The molecule has 0 aliphatic carbocycles. The summed E-state index contributed by atoms with van der Waals surface area (Å²) in [5.74, 6) is 6.52. The number of aromatic nitrogens is 3. The van der Waals surface area contributed by atoms with Gasteiger partial charge < -0.3 is 4.98 Å². The van der Waals surface area contributed by atoms with Crippen molar-refractivity contribution in [2.45, 2.75) is 78.6 Å². The first kappa shape index (κ1) is 18.5. The van der Waals surface area contributed by atoms with Gasteiger partial charge in [-0.2, -0.15) is 0 Å². The molecule has 0 radical (unpaired) electrons. The number of nitrogens with zero attached hydrogens (tertiary/aromatic N) is 2. The van der Waals surface area contributed by atoms with Crippen molar-refractivity contribution < 1.29 is 0 Å². The second-order valence-electron chi connectivity index (χ2n) is 7.82. The molecule has 0 aliphatic rings. The van der Waals surface area contributed by atoms with Gasteiger partial charge in [0.15, 0.2) is 0 Å². The monoisotopic (exact) mass is 325 g/mol. The average Bonchev–Trinajstić information content (AvgIpc) is 2.95. The lowest BCUT2D eigenvalue weighted by molar-refractivity contribution is 0.356. The third-order valence-corrected chi connectivity index (χ3v) is 4.31. The number of rotatable bonds is 8. The Bertz CT molecular complexity index is 667. The van der Waals surface area contributed by atoms with Crippen LogP contribution in [-0.2, 0) is 0 Å². The second-order valence-corrected chi connectivity index (χ2v) is 7.82. The molecular weight excluding hydrogens is 294 g/mol. The van der Waals surface area contributed by atoms with Crippen LogP contribution in [0, 0.1) is 17.3 Å². The van der Waals surface area contributed by atoms with Crippen LogP contribution >= 0.6 is 0 Å². The number of hydrogen-bond donors (Lipinski definition) is 1. The van der Waals surface area contributed by atoms with Crippen molar-refractivity contribution in [1.82, 2.24) is 15.0 Å². The molecule has 0 atom stereocenters. The van der Waals surface area contributed by atoms with E-state index in [1.54, 1.807) is 6.33 Å². The van der Waals surface area contributed by atoms with Crippen molar-refractivity contribution in [3.63, 3.8) is 0 Å². The lowest BCUT2D eigenvalue weighted by Gasteiger charge is -2.17. The van der Waals surface area contributed by atoms with Gasteiger partial charge in [-0.1, -0.05) is 71.1 Å². The molecule has 0 spiro atoms. The van der Waals surface area contributed by atoms with Crippen molar-refractivity contribution in [2.75, 3.05) is 0 Å². The maximum atomic E-state index is 4.18. The smallest absolute Gasteiger partial charge is 0.141 e. The highest BCUT2D eigenvalue weighted by Crippen LogP contribution is 2.22. The highest BCUT2D eigenvalue weighted by atomic mass is 14.9. The van der Waals surface area contributed by atoms with E-state index >= 15 is 0 Å². The minimum Gasteiger partial charge on any atom is -0.345 e. The average molecular weight is 326 g/mol. The lowest BCUT2D eigenvalue weighted by Crippen LogP contribution is -2.03. The minimum absolute atomic E-state index is 0.496. The number of aromatic amines is 1. The summed E-state index contributed by atoms with van der Waals surface area (Å²) in [6.45, 7) is 6.99. The Labute approximate surface area is 146 Å². The lowest BCUT2D eigenvalue weighted by atomic mass is 9.89. The zero-order valence-corrected chi connectivity index (χ0v) is 15.5. The molecule has 0 amide bonds. The van der Waals surface area contributed by atoms with Crippen molar-refractivity contribution in [3.05, 3.63) is 24.3 Å². The maximum Gasteiger partial charge on any atom is 0.141 e. The van der Waals surface area contributed by atoms with Gasteiger partial charge in [0, 0.05) is 18.8 Å². The van der Waals surface area contributed by atoms with Gasteiger partial charge in [0.2, 0.25) is 0 Å². The van der Waals surface area contributed by atoms with E-state index in [4.69, 9.17) is 0 Å². The van der Waals surface area contributed by atoms with Gasteiger partial charge >= 0.3 is 0 Å². The van der Waals surface area contributed by atoms with Gasteiger partial charge in [-0.25, -0.2) is 9.97 Å². The third kappa shape index (κ3) is 6.74. The number of nitrogens with one attached hydrogen (secondary N) is 1. The molecule has 0 fully saturated rings. The molecule has 2 rings (SSSR count). The molecule has 0 aliphatic heterocycles. The first-order valence-corrected chi connectivity index (χ1v) is 9.32. The summed E-state index contributed by atoms with van der Waals surface area (Å²) in [5, 5.41) is 1.01. The largest absolute Gasteiger partial charge is 0.345 e. The first-order chi connectivity index (χ1) is 11.6. The quantitative estimate of drug-likeness (QED) is 0.487. The number of H-pyrrole nitrogens is 1. The molecule has 2 aromatic rings. The fourth-order valence-corrected chi connectivity index (χ4v) is 2.87. The fourth-order valence-electron chi connectivity index (χ4n) is 2.87. The molecule has 2 heterocycles. The van der Waals surface area contributed by atoms with Gasteiger partial charge in [0.25, 0.3) is 0 Å². The predicted octanol–water partition coefficient (Wildman–Crippen LogP) is 5.87. The van der Waals surface area contributed by atoms with E-state index in [2.05, 4.69) is 47.6 Å². The van der Waals surface area contributed by atoms with Crippen LogP contribution in [0.4, 0.5) is 0 Å². The van der Waals surface area contributed by atoms with Crippen LogP contribution in [0.5, 0.6) is 0 Å². The van der Waals surface area contributed by atoms with E-state index in [9.17, 15) is 0 Å². The van der Waals surface area contributed by atoms with Crippen LogP contribution in [0.1, 0.15) is 84.1 Å². The molecule has 130 valence electrons. The third-order valence-electron chi connectivity index (χ3n) is 4.31. The van der Waals surface area contributed by atoms with Gasteiger partial charge in [-0.05, 0) is 18.3 Å². The molecule has 0 saturated heterocycles. The Morgan fingerprint density at radius 2 is 1.71 bits per heavy atom. The van der Waals surface area contributed by atoms with Gasteiger partial charge in [0.05, 0.1) is 10.9 Å². The highest BCUT2D eigenvalue weighted by Gasteiger charge is 2.08. The van der Waals surface area contributed by atoms with Crippen LogP contribution < -0.4 is 0 Å². The van der Waals surface area contributed by atoms with Gasteiger partial charge in [0.1, 0.15) is 12.0 Å². The van der Waals surface area contributed by atoms with E-state index in [1.807, 2.05) is 12.4 Å². The zero-order chi connectivity index (χ0) is 17.3. The number of hydrogen-bond acceptors (Lipinski definition) is 2. The highest BCUT2D eigenvalue weighted by molar-refractivity contribution is 5.81. The summed E-state index contributed by atoms with van der Waals surface area (Å²) in [4.78, 5) is 11.4. The minimum atomic E-state index is 0.496. The van der Waals surface area contributed by atoms with Crippen molar-refractivity contribution >= 4 is 11.0 Å². The molecule has 3 nitrogen and oxygen atoms in total. The van der Waals surface area contributed by atoms with Crippen LogP contribution in [0.3, 0.4) is 0 Å². The van der Waals surface area contributed by atoms with Gasteiger partial charge in [-0.3, -0.25) is 0 Å². The zero-order valence-electron chi connectivity index (χ0n) is 15.5. The Kier molecular flexibility index (Phi) is 7.31. The van der Waals surface area contributed by atoms with Gasteiger partial charge in [-0.15, -0.1) is 0 Å². The topological polar surface area (TPSA) is 41.6 Å². The van der Waals surface area contributed by atoms with E-state index in [1.165, 1.54) is 51.4 Å². The summed E-state index contributed by atoms with van der Waals surface area (Å²) >= 11 is 0. The van der Waals surface area contributed by atoms with Crippen molar-refractivity contribution in [2.24, 2.45) is 5.41 Å². The second kappa shape index (κ2) is 9.47. The Morgan fingerprint density at radius 3 is 2.46 bits per heavy atom. The summed E-state index contributed by atoms with van der Waals surface area (Å²) in [6.07, 6.45) is 17.0. The predicted molar refractivity (Wildman–Crippen MR) is 102 cm³/mol. The first-order valence-electron chi connectivity index (χ1n) is 9.32. The molecule has 24 heavy (non-hydrogen) atoms. The number of unbranched alkanes of at least 4 members (excludes halogenated alkanes) is 7. The summed E-state index contributed by atoms with van der Waals surface area (Å²) < 4.78 is 0. The fraction of sp³-hybridized carbons (Fsp3) is 0.619. The molecule has 3 heteroatoms. The summed E-state index contributed by atoms with van der Waals surface area (Å²) in [5.41, 5.74) is 2.36. The van der Waals surface area contributed by atoms with Crippen LogP contribution in [0.2, 0.25) is 0 Å². The van der Waals surface area contributed by atoms with Crippen LogP contribution in [0.25, 0.3) is 11.0 Å². The number of fused-ring (bicyclic) bond motifs is 1. The molecule has 0 unspecified atom stereocenters. The van der Waals surface area contributed by atoms with E-state index in [-0.39, 0.29) is 0 Å². The molecule has 0 saturated carbocycles. The summed E-state index contributed by atoms with van der Waals surface area (Å²) in [7, 11) is 0. The van der Waals surface area contributed by atoms with Crippen LogP contribution in [-0.4, -0.2) is 15.0 Å². The van der Waals surface area contributed by atoms with Crippen LogP contribution in [0.15, 0.2) is 18.7 Å². The molecule has 0 bridgehead atoms. The van der Waals surface area contributed by atoms with Crippen molar-refractivity contribution in [3.8, 4) is 11.8 Å². The maximum absolute atomic E-state index is 4.18. The van der Waals surface area contributed by atoms with E-state index < -0.39 is 0 Å². The Hall–Kier alpha value is -1.82. The normalized spacial score (nSPS) is 11.5. The standard InChI is InChI=1S/C21H31N3/c1-21(2,3)14-12-10-8-6-4-5-7-9-11-13-18-15-23-20-19(18)16-22-17-24-20/h15-17H,4-10,12,14H2,1-3H3,(H,22,23,24).